The first-order chi connectivity index (χ1) is 17.0. The van der Waals surface area contributed by atoms with E-state index in [-0.39, 0.29) is 35.4 Å². The summed E-state index contributed by atoms with van der Waals surface area (Å²) in [6.45, 7) is 12.1. The van der Waals surface area contributed by atoms with Crippen LogP contribution >= 0.6 is 23.1 Å². The lowest BCUT2D eigenvalue weighted by molar-refractivity contribution is -0.118. The largest absolute Gasteiger partial charge is 0.383 e. The molecule has 4 N–H and O–H groups in total. The highest BCUT2D eigenvalue weighted by atomic mass is 32.2. The Labute approximate surface area is 217 Å². The van der Waals surface area contributed by atoms with E-state index < -0.39 is 16.5 Å². The third-order valence-electron chi connectivity index (χ3n) is 5.94. The Morgan fingerprint density at radius 1 is 1.17 bits per heavy atom. The van der Waals surface area contributed by atoms with Crippen molar-refractivity contribution in [3.63, 3.8) is 0 Å². The normalized spacial score (nSPS) is 12.4. The number of nitrogens with zero attached hydrogens (tertiary/aromatic N) is 3. The first-order valence-corrected chi connectivity index (χ1v) is 13.9. The van der Waals surface area contributed by atoms with E-state index in [1.54, 1.807) is 6.92 Å². The molecule has 3 heterocycles. The molecule has 0 fully saturated rings. The molecule has 1 atom stereocenters. The van der Waals surface area contributed by atoms with Crippen molar-refractivity contribution in [3.05, 3.63) is 47.5 Å². The lowest BCUT2D eigenvalue weighted by Crippen LogP contribution is -2.45. The van der Waals surface area contributed by atoms with Gasteiger partial charge in [-0.05, 0) is 38.7 Å². The molecule has 0 bridgehead atoms. The summed E-state index contributed by atoms with van der Waals surface area (Å²) in [7, 11) is 0. The molecule has 3 aromatic rings. The van der Waals surface area contributed by atoms with Crippen LogP contribution < -0.4 is 27.4 Å². The number of hydrogen-bond donors (Lipinski definition) is 3. The van der Waals surface area contributed by atoms with Gasteiger partial charge in [0.05, 0.1) is 16.4 Å². The Kier molecular flexibility index (Phi) is 8.83. The van der Waals surface area contributed by atoms with Gasteiger partial charge >= 0.3 is 5.69 Å². The van der Waals surface area contributed by atoms with Crippen molar-refractivity contribution in [2.24, 2.45) is 5.92 Å². The third kappa shape index (κ3) is 5.75. The molecular weight excluding hydrogens is 500 g/mol. The number of aryl methyl sites for hydroxylation is 2. The van der Waals surface area contributed by atoms with Crippen LogP contribution in [0.4, 0.5) is 11.5 Å². The monoisotopic (exact) mass is 534 g/mol. The number of aromatic nitrogens is 4. The zero-order valence-corrected chi connectivity index (χ0v) is 23.2. The number of thiophene rings is 1. The van der Waals surface area contributed by atoms with E-state index in [0.29, 0.717) is 34.8 Å². The fraction of sp³-hybridized carbons (Fsp3) is 0.542. The standard InChI is InChI=1S/C24H34N6O4S2/c1-7-8-9-29-19(25)18(21(32)28-24(29)34)30(10-12(2)3)23(33)15(6)35-11-16-26-20(31)17-13(4)14(5)36-22(17)27-16/h12,15H,7-11,25H2,1-6H3,(H,26,27,31)(H,28,32,34)/t15-/m0/s1. The van der Waals surface area contributed by atoms with Crippen LogP contribution in [0.25, 0.3) is 10.2 Å². The summed E-state index contributed by atoms with van der Waals surface area (Å²) in [5.41, 5.74) is 5.75. The number of nitrogens with one attached hydrogen (secondary N) is 2. The number of fused-ring (bicyclic) bond motifs is 1. The minimum absolute atomic E-state index is 0.00524. The van der Waals surface area contributed by atoms with Crippen LogP contribution in [0.2, 0.25) is 0 Å². The SMILES string of the molecule is CCCCn1c(N)c(N(CC(C)C)C(=O)[C@H](C)SCc2nc3sc(C)c(C)c3c(=O)[nH]2)c(=O)[nH]c1=O. The molecule has 1 amide bonds. The number of thioether (sulfide) groups is 1. The molecule has 3 aromatic heterocycles. The maximum Gasteiger partial charge on any atom is 0.330 e. The number of amides is 1. The van der Waals surface area contributed by atoms with E-state index in [0.717, 1.165) is 16.9 Å². The number of rotatable bonds is 10. The van der Waals surface area contributed by atoms with Crippen LogP contribution in [0, 0.1) is 19.8 Å². The maximum atomic E-state index is 13.6. The van der Waals surface area contributed by atoms with Gasteiger partial charge in [0.25, 0.3) is 11.1 Å². The van der Waals surface area contributed by atoms with Crippen LogP contribution in [0.3, 0.4) is 0 Å². The van der Waals surface area contributed by atoms with Crippen LogP contribution in [-0.2, 0) is 17.1 Å². The summed E-state index contributed by atoms with van der Waals surface area (Å²) >= 11 is 2.78. The third-order valence-corrected chi connectivity index (χ3v) is 8.18. The van der Waals surface area contributed by atoms with Crippen molar-refractivity contribution in [2.45, 2.75) is 71.9 Å². The highest BCUT2D eigenvalue weighted by Gasteiger charge is 2.29. The molecular formula is C24H34N6O4S2. The minimum Gasteiger partial charge on any atom is -0.383 e. The lowest BCUT2D eigenvalue weighted by atomic mass is 10.2. The van der Waals surface area contributed by atoms with E-state index >= 15 is 0 Å². The number of carbonyl (C=O) groups excluding carboxylic acids is 1. The van der Waals surface area contributed by atoms with Crippen LogP contribution in [0.1, 0.15) is 56.8 Å². The van der Waals surface area contributed by atoms with Gasteiger partial charge in [-0.15, -0.1) is 23.1 Å². The van der Waals surface area contributed by atoms with E-state index in [9.17, 15) is 19.2 Å². The molecule has 0 spiro atoms. The van der Waals surface area contributed by atoms with Crippen molar-refractivity contribution >= 4 is 50.7 Å². The van der Waals surface area contributed by atoms with Gasteiger partial charge in [-0.1, -0.05) is 27.2 Å². The second kappa shape index (κ2) is 11.5. The number of carbonyl (C=O) groups is 1. The van der Waals surface area contributed by atoms with Gasteiger partial charge in [-0.3, -0.25) is 23.9 Å². The number of nitrogen functional groups attached to an aromatic ring is 1. The average molecular weight is 535 g/mol. The average Bonchev–Trinajstić information content (AvgIpc) is 3.09. The van der Waals surface area contributed by atoms with Crippen molar-refractivity contribution in [3.8, 4) is 0 Å². The van der Waals surface area contributed by atoms with Crippen LogP contribution in [0.15, 0.2) is 14.4 Å². The lowest BCUT2D eigenvalue weighted by Gasteiger charge is -2.28. The van der Waals surface area contributed by atoms with Crippen molar-refractivity contribution in [1.29, 1.82) is 0 Å². The zero-order valence-electron chi connectivity index (χ0n) is 21.6. The molecule has 196 valence electrons. The molecule has 0 aliphatic heterocycles. The number of nitrogens with two attached hydrogens (primary N) is 1. The fourth-order valence-corrected chi connectivity index (χ4v) is 5.76. The van der Waals surface area contributed by atoms with Crippen molar-refractivity contribution < 1.29 is 4.79 Å². The number of aromatic amines is 2. The molecule has 0 unspecified atom stereocenters. The zero-order chi connectivity index (χ0) is 26.7. The molecule has 0 saturated heterocycles. The second-order valence-electron chi connectivity index (χ2n) is 9.27. The second-order valence-corrected chi connectivity index (χ2v) is 11.8. The van der Waals surface area contributed by atoms with Crippen molar-refractivity contribution in [2.75, 3.05) is 17.2 Å². The molecule has 0 aliphatic carbocycles. The Hall–Kier alpha value is -2.86. The molecule has 3 rings (SSSR count). The Bertz CT molecular complexity index is 1440. The Balaban J connectivity index is 1.89. The van der Waals surface area contributed by atoms with E-state index in [2.05, 4.69) is 15.0 Å². The van der Waals surface area contributed by atoms with E-state index in [4.69, 9.17) is 5.73 Å². The summed E-state index contributed by atoms with van der Waals surface area (Å²) in [6, 6.07) is 0. The highest BCUT2D eigenvalue weighted by Crippen LogP contribution is 2.27. The van der Waals surface area contributed by atoms with Gasteiger partial charge in [-0.2, -0.15) is 0 Å². The minimum atomic E-state index is -0.684. The van der Waals surface area contributed by atoms with Crippen LogP contribution in [-0.4, -0.2) is 37.2 Å². The fourth-order valence-electron chi connectivity index (χ4n) is 3.90. The first-order valence-electron chi connectivity index (χ1n) is 12.0. The molecule has 12 heteroatoms. The topological polar surface area (TPSA) is 147 Å². The molecule has 0 radical (unpaired) electrons. The van der Waals surface area contributed by atoms with Crippen molar-refractivity contribution in [1.82, 2.24) is 19.5 Å². The van der Waals surface area contributed by atoms with Gasteiger partial charge in [-0.25, -0.2) is 9.78 Å². The highest BCUT2D eigenvalue weighted by molar-refractivity contribution is 7.99. The van der Waals surface area contributed by atoms with Gasteiger partial charge in [0, 0.05) is 18.0 Å². The molecule has 0 aromatic carbocycles. The Morgan fingerprint density at radius 3 is 2.50 bits per heavy atom. The number of unbranched alkanes of at least 4 members (excludes halogenated alkanes) is 1. The van der Waals surface area contributed by atoms with Gasteiger partial charge in [0.2, 0.25) is 5.91 Å². The summed E-state index contributed by atoms with van der Waals surface area (Å²) in [4.78, 5) is 64.1. The number of hydrogen-bond acceptors (Lipinski definition) is 8. The summed E-state index contributed by atoms with van der Waals surface area (Å²) in [5, 5.41) is 0.0396. The predicted molar refractivity (Wildman–Crippen MR) is 148 cm³/mol. The predicted octanol–water partition coefficient (Wildman–Crippen LogP) is 3.14. The number of anilines is 2. The molecule has 0 aliphatic rings. The molecule has 36 heavy (non-hydrogen) atoms. The smallest absolute Gasteiger partial charge is 0.330 e. The van der Waals surface area contributed by atoms with E-state index in [1.807, 2.05) is 34.6 Å². The van der Waals surface area contributed by atoms with E-state index in [1.165, 1.54) is 32.6 Å². The molecule has 10 nitrogen and oxygen atoms in total. The van der Waals surface area contributed by atoms with Gasteiger partial charge in [0.15, 0.2) is 5.69 Å². The first kappa shape index (κ1) is 27.7. The van der Waals surface area contributed by atoms with Gasteiger partial charge < -0.3 is 15.6 Å². The summed E-state index contributed by atoms with van der Waals surface area (Å²) in [5.74, 6) is 0.526. The molecule has 0 saturated carbocycles. The quantitative estimate of drug-likeness (QED) is 0.362. The number of H-pyrrole nitrogens is 2. The summed E-state index contributed by atoms with van der Waals surface area (Å²) < 4.78 is 1.31. The van der Waals surface area contributed by atoms with Gasteiger partial charge in [0.1, 0.15) is 16.5 Å². The summed E-state index contributed by atoms with van der Waals surface area (Å²) in [6.07, 6.45) is 1.55. The Morgan fingerprint density at radius 2 is 1.86 bits per heavy atom. The van der Waals surface area contributed by atoms with Crippen LogP contribution in [0.5, 0.6) is 0 Å². The maximum absolute atomic E-state index is 13.6.